The Labute approximate surface area is 86.6 Å². The average Bonchev–Trinajstić information content (AvgIpc) is 2.35. The van der Waals surface area contributed by atoms with Gasteiger partial charge in [0, 0.05) is 20.5 Å². The summed E-state index contributed by atoms with van der Waals surface area (Å²) in [4.78, 5) is 7.44. The largest absolute Gasteiger partial charge is 0.345 e. The van der Waals surface area contributed by atoms with Crippen LogP contribution in [0.2, 0.25) is 0 Å². The van der Waals surface area contributed by atoms with E-state index in [0.29, 0.717) is 0 Å². The minimum Gasteiger partial charge on any atom is -0.345 e. The molecule has 0 aliphatic rings. The lowest BCUT2D eigenvalue weighted by atomic mass is 10.3. The number of pyridine rings is 1. The number of aryl methyl sites for hydroxylation is 1. The van der Waals surface area contributed by atoms with Gasteiger partial charge in [-0.05, 0) is 44.8 Å². The van der Waals surface area contributed by atoms with Crippen molar-refractivity contribution in [3.05, 3.63) is 26.9 Å². The van der Waals surface area contributed by atoms with Gasteiger partial charge in [0.15, 0.2) is 0 Å². The van der Waals surface area contributed by atoms with Gasteiger partial charge >= 0.3 is 0 Å². The fourth-order valence-corrected chi connectivity index (χ4v) is 1.82. The summed E-state index contributed by atoms with van der Waals surface area (Å²) in [6.07, 6.45) is 1.89. The third-order valence-electron chi connectivity index (χ3n) is 1.74. The van der Waals surface area contributed by atoms with Crippen LogP contribution in [0.3, 0.4) is 0 Å². The number of H-pyrrole nitrogens is 1. The Morgan fingerprint density at radius 3 is 2.83 bits per heavy atom. The van der Waals surface area contributed by atoms with Gasteiger partial charge < -0.3 is 4.98 Å². The minimum atomic E-state index is 0.919. The quantitative estimate of drug-likeness (QED) is 0.791. The van der Waals surface area contributed by atoms with E-state index in [0.717, 1.165) is 25.7 Å². The van der Waals surface area contributed by atoms with Crippen LogP contribution in [0, 0.1) is 6.92 Å². The third kappa shape index (κ3) is 1.19. The Morgan fingerprint density at radius 1 is 1.33 bits per heavy atom. The second-order valence-corrected chi connectivity index (χ2v) is 4.30. The van der Waals surface area contributed by atoms with Crippen molar-refractivity contribution < 1.29 is 0 Å². The van der Waals surface area contributed by atoms with E-state index in [2.05, 4.69) is 47.9 Å². The number of aromatic nitrogens is 2. The molecule has 12 heavy (non-hydrogen) atoms. The van der Waals surface area contributed by atoms with Crippen molar-refractivity contribution in [2.75, 3.05) is 0 Å². The zero-order valence-electron chi connectivity index (χ0n) is 6.36. The minimum absolute atomic E-state index is 0.919. The molecular formula is C8H6Br2N2. The molecule has 0 fully saturated rings. The number of rotatable bonds is 0. The lowest BCUT2D eigenvalue weighted by Gasteiger charge is -1.96. The fourth-order valence-electron chi connectivity index (χ4n) is 1.08. The Hall–Kier alpha value is -0.350. The molecule has 2 rings (SSSR count). The average molecular weight is 290 g/mol. The molecule has 1 N–H and O–H groups in total. The fraction of sp³-hybridized carbons (Fsp3) is 0.125. The maximum Gasteiger partial charge on any atom is 0.138 e. The molecule has 2 aromatic rings. The van der Waals surface area contributed by atoms with Crippen LogP contribution in [-0.4, -0.2) is 9.97 Å². The van der Waals surface area contributed by atoms with Crippen LogP contribution < -0.4 is 0 Å². The van der Waals surface area contributed by atoms with Crippen LogP contribution in [0.4, 0.5) is 0 Å². The standard InChI is InChI=1S/C8H6Br2N2/c1-4-6(9)2-5-7(10)3-11-8(5)12-4/h2-3H,1H3,(H,11,12). The summed E-state index contributed by atoms with van der Waals surface area (Å²) in [5.41, 5.74) is 1.92. The van der Waals surface area contributed by atoms with Gasteiger partial charge in [0.25, 0.3) is 0 Å². The zero-order chi connectivity index (χ0) is 8.72. The van der Waals surface area contributed by atoms with Gasteiger partial charge in [-0.2, -0.15) is 0 Å². The lowest BCUT2D eigenvalue weighted by molar-refractivity contribution is 1.20. The maximum atomic E-state index is 4.36. The van der Waals surface area contributed by atoms with Crippen LogP contribution in [0.15, 0.2) is 21.2 Å². The van der Waals surface area contributed by atoms with E-state index in [4.69, 9.17) is 0 Å². The predicted octanol–water partition coefficient (Wildman–Crippen LogP) is 3.40. The molecule has 0 spiro atoms. The highest BCUT2D eigenvalue weighted by Crippen LogP contribution is 2.26. The van der Waals surface area contributed by atoms with Crippen LogP contribution in [0.1, 0.15) is 5.69 Å². The van der Waals surface area contributed by atoms with E-state index in [-0.39, 0.29) is 0 Å². The molecule has 0 saturated carbocycles. The predicted molar refractivity (Wildman–Crippen MR) is 56.2 cm³/mol. The SMILES string of the molecule is Cc1nc2[nH]cc(Br)c2cc1Br. The van der Waals surface area contributed by atoms with E-state index in [9.17, 15) is 0 Å². The molecular weight excluding hydrogens is 284 g/mol. The highest BCUT2D eigenvalue weighted by molar-refractivity contribution is 9.11. The molecule has 0 unspecified atom stereocenters. The summed E-state index contributed by atoms with van der Waals surface area (Å²) in [7, 11) is 0. The van der Waals surface area contributed by atoms with Crippen molar-refractivity contribution in [1.82, 2.24) is 9.97 Å². The topological polar surface area (TPSA) is 28.7 Å². The number of hydrogen-bond acceptors (Lipinski definition) is 1. The summed E-state index contributed by atoms with van der Waals surface area (Å²) >= 11 is 6.87. The van der Waals surface area contributed by atoms with Crippen molar-refractivity contribution in [1.29, 1.82) is 0 Å². The summed E-state index contributed by atoms with van der Waals surface area (Å²) in [5.74, 6) is 0. The molecule has 2 aromatic heterocycles. The molecule has 0 aliphatic carbocycles. The first kappa shape index (κ1) is 8.26. The van der Waals surface area contributed by atoms with Gasteiger partial charge in [0.1, 0.15) is 5.65 Å². The number of hydrogen-bond donors (Lipinski definition) is 1. The molecule has 2 heterocycles. The Balaban J connectivity index is 2.87. The zero-order valence-corrected chi connectivity index (χ0v) is 9.53. The van der Waals surface area contributed by atoms with Crippen molar-refractivity contribution >= 4 is 42.9 Å². The number of nitrogens with one attached hydrogen (secondary N) is 1. The molecule has 2 nitrogen and oxygen atoms in total. The van der Waals surface area contributed by atoms with Gasteiger partial charge in [-0.3, -0.25) is 0 Å². The normalized spacial score (nSPS) is 10.9. The lowest BCUT2D eigenvalue weighted by Crippen LogP contribution is -1.83. The summed E-state index contributed by atoms with van der Waals surface area (Å²) in [6, 6.07) is 2.05. The highest BCUT2D eigenvalue weighted by atomic mass is 79.9. The van der Waals surface area contributed by atoms with E-state index in [1.54, 1.807) is 0 Å². The Morgan fingerprint density at radius 2 is 2.08 bits per heavy atom. The molecule has 0 atom stereocenters. The highest BCUT2D eigenvalue weighted by Gasteiger charge is 2.04. The van der Waals surface area contributed by atoms with E-state index < -0.39 is 0 Å². The first-order chi connectivity index (χ1) is 5.68. The van der Waals surface area contributed by atoms with E-state index >= 15 is 0 Å². The third-order valence-corrected chi connectivity index (χ3v) is 3.20. The van der Waals surface area contributed by atoms with Gasteiger partial charge in [-0.1, -0.05) is 0 Å². The van der Waals surface area contributed by atoms with Crippen molar-refractivity contribution in [2.24, 2.45) is 0 Å². The van der Waals surface area contributed by atoms with Gasteiger partial charge in [-0.25, -0.2) is 4.98 Å². The first-order valence-electron chi connectivity index (χ1n) is 3.48. The van der Waals surface area contributed by atoms with Gasteiger partial charge in [-0.15, -0.1) is 0 Å². The number of fused-ring (bicyclic) bond motifs is 1. The maximum absolute atomic E-state index is 4.36. The van der Waals surface area contributed by atoms with Crippen LogP contribution in [-0.2, 0) is 0 Å². The van der Waals surface area contributed by atoms with Crippen LogP contribution >= 0.6 is 31.9 Å². The second-order valence-electron chi connectivity index (χ2n) is 2.59. The molecule has 0 bridgehead atoms. The van der Waals surface area contributed by atoms with Crippen molar-refractivity contribution in [3.63, 3.8) is 0 Å². The monoisotopic (exact) mass is 288 g/mol. The summed E-state index contributed by atoms with van der Waals surface area (Å²) < 4.78 is 2.08. The number of aromatic amines is 1. The summed E-state index contributed by atoms with van der Waals surface area (Å²) in [6.45, 7) is 1.97. The number of nitrogens with zero attached hydrogens (tertiary/aromatic N) is 1. The second kappa shape index (κ2) is 2.85. The van der Waals surface area contributed by atoms with E-state index in [1.807, 2.05) is 13.1 Å². The molecule has 0 aliphatic heterocycles. The molecule has 4 heteroatoms. The van der Waals surface area contributed by atoms with Crippen LogP contribution in [0.25, 0.3) is 11.0 Å². The Bertz CT molecular complexity index is 434. The molecule has 0 amide bonds. The Kier molecular flexibility index (Phi) is 1.96. The molecule has 0 saturated heterocycles. The van der Waals surface area contributed by atoms with E-state index in [1.165, 1.54) is 0 Å². The first-order valence-corrected chi connectivity index (χ1v) is 5.07. The molecule has 62 valence electrons. The van der Waals surface area contributed by atoms with Gasteiger partial charge in [0.2, 0.25) is 0 Å². The van der Waals surface area contributed by atoms with Crippen molar-refractivity contribution in [2.45, 2.75) is 6.92 Å². The van der Waals surface area contributed by atoms with Crippen molar-refractivity contribution in [3.8, 4) is 0 Å². The van der Waals surface area contributed by atoms with Gasteiger partial charge in [0.05, 0.1) is 5.69 Å². The smallest absolute Gasteiger partial charge is 0.138 e. The number of halogens is 2. The molecule has 0 aromatic carbocycles. The molecule has 0 radical (unpaired) electrons. The summed E-state index contributed by atoms with van der Waals surface area (Å²) in [5, 5.41) is 1.10. The van der Waals surface area contributed by atoms with Crippen LogP contribution in [0.5, 0.6) is 0 Å².